The summed E-state index contributed by atoms with van der Waals surface area (Å²) in [5, 5.41) is 12.2. The van der Waals surface area contributed by atoms with Crippen LogP contribution in [0.2, 0.25) is 10.0 Å². The van der Waals surface area contributed by atoms with E-state index in [0.717, 1.165) is 5.56 Å². The highest BCUT2D eigenvalue weighted by Gasteiger charge is 2.47. The van der Waals surface area contributed by atoms with E-state index in [4.69, 9.17) is 32.7 Å². The van der Waals surface area contributed by atoms with Gasteiger partial charge in [-0.3, -0.25) is 14.5 Å². The highest BCUT2D eigenvalue weighted by atomic mass is 35.5. The summed E-state index contributed by atoms with van der Waals surface area (Å²) in [5.41, 5.74) is 2.17. The maximum absolute atomic E-state index is 13.2. The van der Waals surface area contributed by atoms with Crippen molar-refractivity contribution in [2.75, 3.05) is 11.7 Å². The van der Waals surface area contributed by atoms with Gasteiger partial charge in [0.1, 0.15) is 5.76 Å². The number of benzene rings is 3. The maximum atomic E-state index is 13.2. The third-order valence-electron chi connectivity index (χ3n) is 5.71. The van der Waals surface area contributed by atoms with Crippen molar-refractivity contribution in [1.82, 2.24) is 0 Å². The quantitative estimate of drug-likeness (QED) is 0.296. The number of aliphatic hydroxyl groups is 1. The first kappa shape index (κ1) is 21.4. The molecule has 8 heteroatoms. The molecule has 0 saturated carbocycles. The van der Waals surface area contributed by atoms with Crippen LogP contribution in [0.1, 0.15) is 22.7 Å². The van der Waals surface area contributed by atoms with Crippen LogP contribution in [-0.4, -0.2) is 23.6 Å². The molecule has 2 heterocycles. The summed E-state index contributed by atoms with van der Waals surface area (Å²) in [6.45, 7) is 1.92. The minimum absolute atomic E-state index is 0.0436. The molecule has 0 aliphatic carbocycles. The molecule has 1 atom stereocenters. The summed E-state index contributed by atoms with van der Waals surface area (Å²) in [4.78, 5) is 27.8. The van der Waals surface area contributed by atoms with Gasteiger partial charge in [0.05, 0.1) is 11.6 Å². The largest absolute Gasteiger partial charge is 0.507 e. The van der Waals surface area contributed by atoms with Crippen molar-refractivity contribution < 1.29 is 24.2 Å². The second-order valence-corrected chi connectivity index (χ2v) is 8.57. The predicted molar refractivity (Wildman–Crippen MR) is 125 cm³/mol. The number of fused-ring (bicyclic) bond motifs is 1. The molecule has 3 aromatic rings. The lowest BCUT2D eigenvalue weighted by atomic mass is 9.95. The second kappa shape index (κ2) is 8.14. The molecule has 0 spiro atoms. The lowest BCUT2D eigenvalue weighted by Gasteiger charge is -2.26. The number of ether oxygens (including phenoxy) is 2. The van der Waals surface area contributed by atoms with Crippen LogP contribution in [0.15, 0.2) is 66.2 Å². The van der Waals surface area contributed by atoms with E-state index in [1.807, 2.05) is 6.92 Å². The number of halogens is 2. The molecule has 6 nitrogen and oxygen atoms in total. The molecular formula is C25H17Cl2NO5. The molecule has 0 radical (unpaired) electrons. The Balaban J connectivity index is 1.71. The number of rotatable bonds is 3. The molecule has 1 N–H and O–H groups in total. The smallest absolute Gasteiger partial charge is 0.300 e. The standard InChI is InChI=1S/C25H17Cl2NO5/c1-13-2-8-17(11-18(13)27)28-22(14-3-6-16(26)7-4-14)21(24(30)25(28)31)23(29)15-5-9-19-20(10-15)33-12-32-19/h2-11,22,29H,12H2,1H3/b23-21-. The van der Waals surface area contributed by atoms with Gasteiger partial charge in [-0.2, -0.15) is 0 Å². The van der Waals surface area contributed by atoms with Crippen molar-refractivity contribution in [3.8, 4) is 11.5 Å². The van der Waals surface area contributed by atoms with Gasteiger partial charge in [0.25, 0.3) is 11.7 Å². The van der Waals surface area contributed by atoms with Gasteiger partial charge >= 0.3 is 0 Å². The van der Waals surface area contributed by atoms with Crippen molar-refractivity contribution in [2.45, 2.75) is 13.0 Å². The lowest BCUT2D eigenvalue weighted by Crippen LogP contribution is -2.29. The number of anilines is 1. The molecule has 2 aliphatic heterocycles. The molecule has 1 amide bonds. The number of ketones is 1. The van der Waals surface area contributed by atoms with Crippen molar-refractivity contribution in [2.24, 2.45) is 0 Å². The zero-order chi connectivity index (χ0) is 23.3. The Labute approximate surface area is 199 Å². The van der Waals surface area contributed by atoms with Gasteiger partial charge < -0.3 is 14.6 Å². The Hall–Kier alpha value is -3.48. The number of aliphatic hydroxyl groups excluding tert-OH is 1. The monoisotopic (exact) mass is 481 g/mol. The molecule has 0 aromatic heterocycles. The lowest BCUT2D eigenvalue weighted by molar-refractivity contribution is -0.132. The number of aryl methyl sites for hydroxylation is 1. The van der Waals surface area contributed by atoms with E-state index in [2.05, 4.69) is 0 Å². The van der Waals surface area contributed by atoms with Crippen molar-refractivity contribution in [1.29, 1.82) is 0 Å². The molecule has 1 fully saturated rings. The molecular weight excluding hydrogens is 465 g/mol. The first-order valence-corrected chi connectivity index (χ1v) is 10.8. The molecule has 0 bridgehead atoms. The fourth-order valence-electron chi connectivity index (χ4n) is 3.99. The van der Waals surface area contributed by atoms with Gasteiger partial charge in [-0.05, 0) is 60.5 Å². The minimum atomic E-state index is -0.883. The van der Waals surface area contributed by atoms with E-state index < -0.39 is 17.7 Å². The van der Waals surface area contributed by atoms with Gasteiger partial charge in [0.15, 0.2) is 11.5 Å². The average molecular weight is 482 g/mol. The fraction of sp³-hybridized carbons (Fsp3) is 0.120. The molecule has 33 heavy (non-hydrogen) atoms. The highest BCUT2D eigenvalue weighted by molar-refractivity contribution is 6.51. The van der Waals surface area contributed by atoms with Crippen LogP contribution in [-0.2, 0) is 9.59 Å². The number of carbonyl (C=O) groups is 2. The molecule has 2 aliphatic rings. The van der Waals surface area contributed by atoms with Crippen LogP contribution >= 0.6 is 23.2 Å². The zero-order valence-corrected chi connectivity index (χ0v) is 18.9. The number of Topliss-reactive ketones (excluding diaryl/α,β-unsaturated/α-hetero) is 1. The van der Waals surface area contributed by atoms with Crippen molar-refractivity contribution >= 4 is 46.3 Å². The highest BCUT2D eigenvalue weighted by Crippen LogP contribution is 2.44. The number of nitrogens with zero attached hydrogens (tertiary/aromatic N) is 1. The van der Waals surface area contributed by atoms with Crippen LogP contribution in [0.4, 0.5) is 5.69 Å². The van der Waals surface area contributed by atoms with Gasteiger partial charge in [0, 0.05) is 21.3 Å². The van der Waals surface area contributed by atoms with Crippen LogP contribution in [0.3, 0.4) is 0 Å². The third kappa shape index (κ3) is 3.61. The van der Waals surface area contributed by atoms with E-state index >= 15 is 0 Å². The Kier molecular flexibility index (Phi) is 5.27. The van der Waals surface area contributed by atoms with Crippen LogP contribution in [0, 0.1) is 6.92 Å². The van der Waals surface area contributed by atoms with E-state index in [9.17, 15) is 14.7 Å². The Morgan fingerprint density at radius 1 is 0.970 bits per heavy atom. The van der Waals surface area contributed by atoms with Gasteiger partial charge in [-0.25, -0.2) is 0 Å². The van der Waals surface area contributed by atoms with Gasteiger partial charge in [0.2, 0.25) is 6.79 Å². The van der Waals surface area contributed by atoms with E-state index in [0.29, 0.717) is 38.4 Å². The Morgan fingerprint density at radius 2 is 1.70 bits per heavy atom. The molecule has 1 unspecified atom stereocenters. The summed E-state index contributed by atoms with van der Waals surface area (Å²) in [6, 6.07) is 15.8. The van der Waals surface area contributed by atoms with Crippen LogP contribution < -0.4 is 14.4 Å². The summed E-state index contributed by atoms with van der Waals surface area (Å²) in [5.74, 6) is -0.900. The summed E-state index contributed by atoms with van der Waals surface area (Å²) >= 11 is 12.4. The summed E-state index contributed by atoms with van der Waals surface area (Å²) in [7, 11) is 0. The van der Waals surface area contributed by atoms with E-state index in [-0.39, 0.29) is 18.1 Å². The van der Waals surface area contributed by atoms with Gasteiger partial charge in [-0.15, -0.1) is 0 Å². The average Bonchev–Trinajstić information content (AvgIpc) is 3.38. The van der Waals surface area contributed by atoms with Crippen molar-refractivity contribution in [3.63, 3.8) is 0 Å². The summed E-state index contributed by atoms with van der Waals surface area (Å²) < 4.78 is 10.7. The first-order chi connectivity index (χ1) is 15.8. The van der Waals surface area contributed by atoms with Crippen LogP contribution in [0.5, 0.6) is 11.5 Å². The molecule has 1 saturated heterocycles. The van der Waals surface area contributed by atoms with Gasteiger partial charge in [-0.1, -0.05) is 41.4 Å². The first-order valence-electron chi connectivity index (χ1n) is 10.1. The number of hydrogen-bond acceptors (Lipinski definition) is 5. The normalized spacial score (nSPS) is 18.8. The topological polar surface area (TPSA) is 76.1 Å². The summed E-state index contributed by atoms with van der Waals surface area (Å²) in [6.07, 6.45) is 0. The zero-order valence-electron chi connectivity index (χ0n) is 17.3. The molecule has 166 valence electrons. The minimum Gasteiger partial charge on any atom is -0.507 e. The van der Waals surface area contributed by atoms with Crippen molar-refractivity contribution in [3.05, 3.63) is 93.0 Å². The van der Waals surface area contributed by atoms with E-state index in [1.54, 1.807) is 60.7 Å². The fourth-order valence-corrected chi connectivity index (χ4v) is 4.29. The predicted octanol–water partition coefficient (Wildman–Crippen LogP) is 5.66. The van der Waals surface area contributed by atoms with E-state index in [1.165, 1.54) is 4.90 Å². The Bertz CT molecular complexity index is 1330. The maximum Gasteiger partial charge on any atom is 0.300 e. The molecule has 5 rings (SSSR count). The second-order valence-electron chi connectivity index (χ2n) is 7.72. The number of amides is 1. The Morgan fingerprint density at radius 3 is 2.42 bits per heavy atom. The SMILES string of the molecule is Cc1ccc(N2C(=O)C(=O)/C(=C(\O)c3ccc4c(c3)OCO4)C2c2ccc(Cl)cc2)cc1Cl. The molecule has 3 aromatic carbocycles. The van der Waals surface area contributed by atoms with Crippen LogP contribution in [0.25, 0.3) is 5.76 Å². The third-order valence-corrected chi connectivity index (χ3v) is 6.37. The number of hydrogen-bond donors (Lipinski definition) is 1. The number of carbonyl (C=O) groups excluding carboxylic acids is 2.